The van der Waals surface area contributed by atoms with Crippen LogP contribution in [-0.2, 0) is 6.54 Å². The maximum atomic E-state index is 4.06. The van der Waals surface area contributed by atoms with Gasteiger partial charge in [-0.15, -0.1) is 0 Å². The molecule has 0 spiro atoms. The number of hydrogen-bond donors (Lipinski definition) is 1. The minimum atomic E-state index is 0.640. The van der Waals surface area contributed by atoms with Crippen LogP contribution in [0.1, 0.15) is 29.9 Å². The van der Waals surface area contributed by atoms with E-state index >= 15 is 0 Å². The molecule has 3 rings (SSSR count). The van der Waals surface area contributed by atoms with E-state index in [1.54, 1.807) is 0 Å². The smallest absolute Gasteiger partial charge is 0.0522 e. The molecule has 1 aromatic heterocycles. The van der Waals surface area contributed by atoms with Gasteiger partial charge in [0.25, 0.3) is 0 Å². The molecule has 1 N–H and O–H groups in total. The highest BCUT2D eigenvalue weighted by Gasteiger charge is 2.21. The van der Waals surface area contributed by atoms with Gasteiger partial charge in [0, 0.05) is 19.3 Å². The molecule has 1 atom stereocenters. The molecule has 94 valence electrons. The van der Waals surface area contributed by atoms with Gasteiger partial charge in [-0.2, -0.15) is 5.10 Å². The summed E-state index contributed by atoms with van der Waals surface area (Å²) in [6, 6.07) is 10.7. The van der Waals surface area contributed by atoms with Crippen LogP contribution in [-0.4, -0.2) is 28.2 Å². The van der Waals surface area contributed by atoms with Crippen molar-refractivity contribution in [1.29, 1.82) is 0 Å². The van der Waals surface area contributed by atoms with Crippen LogP contribution in [0, 0.1) is 0 Å². The second kappa shape index (κ2) is 5.36. The van der Waals surface area contributed by atoms with Crippen LogP contribution in [0.15, 0.2) is 42.7 Å². The van der Waals surface area contributed by atoms with E-state index in [2.05, 4.69) is 45.4 Å². The molecule has 2 heterocycles. The van der Waals surface area contributed by atoms with Gasteiger partial charge in [-0.1, -0.05) is 30.3 Å². The van der Waals surface area contributed by atoms with Crippen molar-refractivity contribution in [2.45, 2.75) is 25.3 Å². The highest BCUT2D eigenvalue weighted by Crippen LogP contribution is 2.26. The summed E-state index contributed by atoms with van der Waals surface area (Å²) in [6.45, 7) is 3.42. The molecule has 0 aliphatic carbocycles. The first-order valence-electron chi connectivity index (χ1n) is 6.67. The van der Waals surface area contributed by atoms with E-state index in [-0.39, 0.29) is 0 Å². The zero-order valence-electron chi connectivity index (χ0n) is 10.5. The predicted molar refractivity (Wildman–Crippen MR) is 72.3 cm³/mol. The summed E-state index contributed by atoms with van der Waals surface area (Å²) in [5.41, 5.74) is 2.76. The van der Waals surface area contributed by atoms with Crippen molar-refractivity contribution in [3.63, 3.8) is 0 Å². The summed E-state index contributed by atoms with van der Waals surface area (Å²) in [7, 11) is 0. The lowest BCUT2D eigenvalue weighted by molar-refractivity contribution is 0.200. The third-order valence-corrected chi connectivity index (χ3v) is 3.75. The minimum Gasteiger partial charge on any atom is -0.298 e. The average Bonchev–Trinajstić information content (AvgIpc) is 2.94. The Hall–Kier alpha value is -1.61. The van der Waals surface area contributed by atoms with Gasteiger partial charge < -0.3 is 0 Å². The molecule has 1 fully saturated rings. The first kappa shape index (κ1) is 11.5. The Balaban J connectivity index is 1.64. The van der Waals surface area contributed by atoms with Gasteiger partial charge in [0.1, 0.15) is 0 Å². The van der Waals surface area contributed by atoms with Crippen molar-refractivity contribution in [2.24, 2.45) is 0 Å². The first-order valence-corrected chi connectivity index (χ1v) is 6.67. The SMILES string of the molecule is c1ccc(CN2CCCC(c3cn[nH]c3)C2)cc1. The molecule has 18 heavy (non-hydrogen) atoms. The van der Waals surface area contributed by atoms with Gasteiger partial charge in [-0.25, -0.2) is 0 Å². The lowest BCUT2D eigenvalue weighted by atomic mass is 9.92. The second-order valence-corrected chi connectivity index (χ2v) is 5.09. The van der Waals surface area contributed by atoms with Crippen molar-refractivity contribution in [3.8, 4) is 0 Å². The van der Waals surface area contributed by atoms with E-state index in [4.69, 9.17) is 0 Å². The molecule has 3 nitrogen and oxygen atoms in total. The van der Waals surface area contributed by atoms with Crippen LogP contribution in [0.4, 0.5) is 0 Å². The number of likely N-dealkylation sites (tertiary alicyclic amines) is 1. The summed E-state index contributed by atoms with van der Waals surface area (Å²) in [5, 5.41) is 6.99. The van der Waals surface area contributed by atoms with Gasteiger partial charge in [0.05, 0.1) is 6.20 Å². The number of nitrogens with zero attached hydrogens (tertiary/aromatic N) is 2. The molecule has 1 aromatic carbocycles. The van der Waals surface area contributed by atoms with Gasteiger partial charge in [-0.3, -0.25) is 10.00 Å². The number of aromatic amines is 1. The molecular formula is C15H19N3. The Morgan fingerprint density at radius 2 is 2.17 bits per heavy atom. The maximum Gasteiger partial charge on any atom is 0.0522 e. The lowest BCUT2D eigenvalue weighted by Crippen LogP contribution is -2.33. The van der Waals surface area contributed by atoms with E-state index in [0.29, 0.717) is 5.92 Å². The Morgan fingerprint density at radius 1 is 1.28 bits per heavy atom. The lowest BCUT2D eigenvalue weighted by Gasteiger charge is -2.32. The zero-order chi connectivity index (χ0) is 12.2. The van der Waals surface area contributed by atoms with E-state index in [1.165, 1.54) is 30.5 Å². The number of H-pyrrole nitrogens is 1. The topological polar surface area (TPSA) is 31.9 Å². The highest BCUT2D eigenvalue weighted by atomic mass is 15.1. The summed E-state index contributed by atoms with van der Waals surface area (Å²) in [4.78, 5) is 2.55. The van der Waals surface area contributed by atoms with Crippen LogP contribution in [0.5, 0.6) is 0 Å². The largest absolute Gasteiger partial charge is 0.298 e. The third-order valence-electron chi connectivity index (χ3n) is 3.75. The van der Waals surface area contributed by atoms with E-state index in [0.717, 1.165) is 13.1 Å². The van der Waals surface area contributed by atoms with Crippen molar-refractivity contribution < 1.29 is 0 Å². The molecular weight excluding hydrogens is 222 g/mol. The highest BCUT2D eigenvalue weighted by molar-refractivity contribution is 5.16. The van der Waals surface area contributed by atoms with Crippen molar-refractivity contribution in [2.75, 3.05) is 13.1 Å². The maximum absolute atomic E-state index is 4.06. The molecule has 3 heteroatoms. The van der Waals surface area contributed by atoms with Crippen LogP contribution >= 0.6 is 0 Å². The fourth-order valence-corrected chi connectivity index (χ4v) is 2.80. The van der Waals surface area contributed by atoms with Gasteiger partial charge in [0.2, 0.25) is 0 Å². The molecule has 1 saturated heterocycles. The molecule has 1 unspecified atom stereocenters. The molecule has 0 bridgehead atoms. The number of piperidine rings is 1. The molecule has 0 radical (unpaired) electrons. The molecule has 0 amide bonds. The normalized spacial score (nSPS) is 21.0. The standard InChI is InChI=1S/C15H19N3/c1-2-5-13(6-3-1)11-18-8-4-7-14(12-18)15-9-16-17-10-15/h1-3,5-6,9-10,14H,4,7-8,11-12H2,(H,16,17). The number of aromatic nitrogens is 2. The molecule has 1 aliphatic rings. The van der Waals surface area contributed by atoms with E-state index in [9.17, 15) is 0 Å². The summed E-state index contributed by atoms with van der Waals surface area (Å²) < 4.78 is 0. The third kappa shape index (κ3) is 2.62. The quantitative estimate of drug-likeness (QED) is 0.896. The van der Waals surface area contributed by atoms with Crippen molar-refractivity contribution >= 4 is 0 Å². The van der Waals surface area contributed by atoms with E-state index < -0.39 is 0 Å². The Morgan fingerprint density at radius 3 is 2.94 bits per heavy atom. The summed E-state index contributed by atoms with van der Waals surface area (Å²) in [5.74, 6) is 0.640. The number of rotatable bonds is 3. The number of nitrogens with one attached hydrogen (secondary N) is 1. The molecule has 1 aliphatic heterocycles. The zero-order valence-corrected chi connectivity index (χ0v) is 10.5. The number of benzene rings is 1. The molecule has 2 aromatic rings. The monoisotopic (exact) mass is 241 g/mol. The fraction of sp³-hybridized carbons (Fsp3) is 0.400. The van der Waals surface area contributed by atoms with Crippen LogP contribution < -0.4 is 0 Å². The van der Waals surface area contributed by atoms with Gasteiger partial charge in [-0.05, 0) is 36.4 Å². The van der Waals surface area contributed by atoms with Crippen molar-refractivity contribution in [3.05, 3.63) is 53.9 Å². The molecule has 0 saturated carbocycles. The fourth-order valence-electron chi connectivity index (χ4n) is 2.80. The Kier molecular flexibility index (Phi) is 3.42. The second-order valence-electron chi connectivity index (χ2n) is 5.09. The van der Waals surface area contributed by atoms with Crippen molar-refractivity contribution in [1.82, 2.24) is 15.1 Å². The van der Waals surface area contributed by atoms with Gasteiger partial charge in [0.15, 0.2) is 0 Å². The summed E-state index contributed by atoms with van der Waals surface area (Å²) in [6.07, 6.45) is 6.57. The first-order chi connectivity index (χ1) is 8.92. The summed E-state index contributed by atoms with van der Waals surface area (Å²) >= 11 is 0. The Bertz CT molecular complexity index is 464. The Labute approximate surface area is 108 Å². The van der Waals surface area contributed by atoms with Crippen LogP contribution in [0.3, 0.4) is 0 Å². The average molecular weight is 241 g/mol. The minimum absolute atomic E-state index is 0.640. The van der Waals surface area contributed by atoms with Crippen LogP contribution in [0.2, 0.25) is 0 Å². The number of hydrogen-bond acceptors (Lipinski definition) is 2. The predicted octanol–water partition coefficient (Wildman–Crippen LogP) is 2.79. The van der Waals surface area contributed by atoms with Gasteiger partial charge >= 0.3 is 0 Å². The van der Waals surface area contributed by atoms with E-state index in [1.807, 2.05) is 12.4 Å². The van der Waals surface area contributed by atoms with Crippen LogP contribution in [0.25, 0.3) is 0 Å².